The molecule has 8 nitrogen and oxygen atoms in total. The Kier molecular flexibility index (Phi) is 4.52. The predicted molar refractivity (Wildman–Crippen MR) is 97.4 cm³/mol. The van der Waals surface area contributed by atoms with E-state index in [9.17, 15) is 4.79 Å². The molecule has 2 heterocycles. The van der Waals surface area contributed by atoms with Crippen LogP contribution >= 0.6 is 0 Å². The zero-order valence-electron chi connectivity index (χ0n) is 14.6. The minimum absolute atomic E-state index is 0.108. The van der Waals surface area contributed by atoms with Crippen LogP contribution in [0, 0.1) is 0 Å². The standard InChI is InChI=1S/C19H17N5O3/c1-13(18-9-14-5-2-3-8-17(14)27-18)21-19(25)11-26-16-7-4-6-15(10-16)24-12-20-22-23-24/h2-10,12-13H,11H2,1H3,(H,21,25)/t13-/m1/s1. The van der Waals surface area contributed by atoms with Gasteiger partial charge >= 0.3 is 0 Å². The zero-order valence-corrected chi connectivity index (χ0v) is 14.6. The second kappa shape index (κ2) is 7.28. The minimum Gasteiger partial charge on any atom is -0.484 e. The number of fused-ring (bicyclic) bond motifs is 1. The number of aromatic nitrogens is 4. The number of para-hydroxylation sites is 1. The Hall–Kier alpha value is -3.68. The highest BCUT2D eigenvalue weighted by molar-refractivity contribution is 5.79. The average molecular weight is 363 g/mol. The van der Waals surface area contributed by atoms with E-state index in [2.05, 4.69) is 20.8 Å². The lowest BCUT2D eigenvalue weighted by Gasteiger charge is -2.12. The van der Waals surface area contributed by atoms with Crippen LogP contribution in [0.15, 0.2) is 65.3 Å². The van der Waals surface area contributed by atoms with Gasteiger partial charge in [-0.15, -0.1) is 5.10 Å². The second-order valence-electron chi connectivity index (χ2n) is 6.02. The van der Waals surface area contributed by atoms with E-state index in [0.717, 1.165) is 16.7 Å². The van der Waals surface area contributed by atoms with Gasteiger partial charge in [-0.1, -0.05) is 24.3 Å². The van der Waals surface area contributed by atoms with Crippen LogP contribution in [0.5, 0.6) is 5.75 Å². The van der Waals surface area contributed by atoms with Gasteiger partial charge in [-0.3, -0.25) is 4.79 Å². The maximum Gasteiger partial charge on any atom is 0.258 e. The van der Waals surface area contributed by atoms with E-state index in [1.165, 1.54) is 11.0 Å². The summed E-state index contributed by atoms with van der Waals surface area (Å²) in [5.41, 5.74) is 1.54. The van der Waals surface area contributed by atoms with E-state index in [4.69, 9.17) is 9.15 Å². The maximum absolute atomic E-state index is 12.2. The fourth-order valence-electron chi connectivity index (χ4n) is 2.71. The van der Waals surface area contributed by atoms with Crippen LogP contribution < -0.4 is 10.1 Å². The lowest BCUT2D eigenvalue weighted by molar-refractivity contribution is -0.123. The van der Waals surface area contributed by atoms with E-state index in [1.54, 1.807) is 18.2 Å². The minimum atomic E-state index is -0.263. The summed E-state index contributed by atoms with van der Waals surface area (Å²) in [5.74, 6) is 1.01. The molecule has 0 bridgehead atoms. The molecule has 0 aliphatic heterocycles. The van der Waals surface area contributed by atoms with Gasteiger partial charge in [-0.25, -0.2) is 4.68 Å². The first kappa shape index (κ1) is 16.8. The molecule has 1 atom stereocenters. The summed E-state index contributed by atoms with van der Waals surface area (Å²) in [4.78, 5) is 12.2. The summed E-state index contributed by atoms with van der Waals surface area (Å²) < 4.78 is 12.9. The van der Waals surface area contributed by atoms with Crippen molar-refractivity contribution in [3.63, 3.8) is 0 Å². The number of furan rings is 1. The molecular weight excluding hydrogens is 346 g/mol. The van der Waals surface area contributed by atoms with Crippen molar-refractivity contribution in [2.45, 2.75) is 13.0 Å². The SMILES string of the molecule is C[C@@H](NC(=O)COc1cccc(-n2cnnn2)c1)c1cc2ccccc2o1. The van der Waals surface area contributed by atoms with E-state index in [-0.39, 0.29) is 18.6 Å². The number of nitrogens with zero attached hydrogens (tertiary/aromatic N) is 4. The molecule has 8 heteroatoms. The van der Waals surface area contributed by atoms with Crippen LogP contribution in [0.1, 0.15) is 18.7 Å². The second-order valence-corrected chi connectivity index (χ2v) is 6.02. The number of nitrogens with one attached hydrogen (secondary N) is 1. The van der Waals surface area contributed by atoms with Crippen LogP contribution in [-0.2, 0) is 4.79 Å². The smallest absolute Gasteiger partial charge is 0.258 e. The molecule has 4 aromatic rings. The van der Waals surface area contributed by atoms with Gasteiger partial charge in [0.2, 0.25) is 0 Å². The summed E-state index contributed by atoms with van der Waals surface area (Å²) >= 11 is 0. The molecule has 0 radical (unpaired) electrons. The Morgan fingerprint density at radius 3 is 2.93 bits per heavy atom. The number of benzene rings is 2. The molecule has 136 valence electrons. The van der Waals surface area contributed by atoms with Crippen molar-refractivity contribution in [2.75, 3.05) is 6.61 Å². The van der Waals surface area contributed by atoms with Gasteiger partial charge in [0, 0.05) is 11.5 Å². The number of carbonyl (C=O) groups is 1. The molecule has 27 heavy (non-hydrogen) atoms. The highest BCUT2D eigenvalue weighted by Crippen LogP contribution is 2.23. The molecule has 0 aliphatic carbocycles. The Morgan fingerprint density at radius 2 is 2.11 bits per heavy atom. The summed E-state index contributed by atoms with van der Waals surface area (Å²) in [6.45, 7) is 1.76. The van der Waals surface area contributed by atoms with Crippen LogP contribution in [0.3, 0.4) is 0 Å². The molecule has 0 fully saturated rings. The summed E-state index contributed by atoms with van der Waals surface area (Å²) in [7, 11) is 0. The molecule has 1 amide bonds. The number of rotatable bonds is 6. The van der Waals surface area contributed by atoms with Crippen molar-refractivity contribution >= 4 is 16.9 Å². The summed E-state index contributed by atoms with van der Waals surface area (Å²) in [6, 6.07) is 16.6. The van der Waals surface area contributed by atoms with Crippen LogP contribution in [0.2, 0.25) is 0 Å². The molecule has 0 saturated heterocycles. The van der Waals surface area contributed by atoms with Crippen molar-refractivity contribution in [3.05, 3.63) is 66.7 Å². The van der Waals surface area contributed by atoms with E-state index < -0.39 is 0 Å². The lowest BCUT2D eigenvalue weighted by Crippen LogP contribution is -2.31. The Morgan fingerprint density at radius 1 is 1.22 bits per heavy atom. The van der Waals surface area contributed by atoms with Gasteiger partial charge in [0.1, 0.15) is 23.4 Å². The van der Waals surface area contributed by atoms with Crippen LogP contribution in [0.25, 0.3) is 16.7 Å². The molecule has 1 N–H and O–H groups in total. The molecule has 0 aliphatic rings. The molecule has 2 aromatic heterocycles. The first-order valence-corrected chi connectivity index (χ1v) is 8.43. The van der Waals surface area contributed by atoms with Gasteiger partial charge in [-0.05, 0) is 41.6 Å². The molecule has 4 rings (SSSR count). The number of tetrazole rings is 1. The van der Waals surface area contributed by atoms with Crippen molar-refractivity contribution in [1.82, 2.24) is 25.5 Å². The van der Waals surface area contributed by atoms with E-state index >= 15 is 0 Å². The Bertz CT molecular complexity index is 1030. The third-order valence-electron chi connectivity index (χ3n) is 4.05. The number of hydrogen-bond acceptors (Lipinski definition) is 6. The third-order valence-corrected chi connectivity index (χ3v) is 4.05. The fraction of sp³-hybridized carbons (Fsp3) is 0.158. The molecule has 0 unspecified atom stereocenters. The number of carbonyl (C=O) groups excluding carboxylic acids is 1. The topological polar surface area (TPSA) is 95.1 Å². The van der Waals surface area contributed by atoms with Gasteiger partial charge in [0.15, 0.2) is 6.61 Å². The van der Waals surface area contributed by atoms with E-state index in [1.807, 2.05) is 43.3 Å². The maximum atomic E-state index is 12.2. The van der Waals surface area contributed by atoms with Crippen molar-refractivity contribution in [2.24, 2.45) is 0 Å². The highest BCUT2D eigenvalue weighted by atomic mass is 16.5. The van der Waals surface area contributed by atoms with Gasteiger partial charge in [0.05, 0.1) is 11.7 Å². The monoisotopic (exact) mass is 363 g/mol. The number of hydrogen-bond donors (Lipinski definition) is 1. The van der Waals surface area contributed by atoms with Crippen LogP contribution in [0.4, 0.5) is 0 Å². The molecule has 2 aromatic carbocycles. The molecular formula is C19H17N5O3. The average Bonchev–Trinajstić information content (AvgIpc) is 3.36. The first-order valence-electron chi connectivity index (χ1n) is 8.43. The van der Waals surface area contributed by atoms with Gasteiger partial charge in [0.25, 0.3) is 5.91 Å². The molecule has 0 spiro atoms. The Labute approximate surface area is 154 Å². The van der Waals surface area contributed by atoms with Crippen molar-refractivity contribution in [1.29, 1.82) is 0 Å². The predicted octanol–water partition coefficient (Wildman–Crippen LogP) is 2.66. The highest BCUT2D eigenvalue weighted by Gasteiger charge is 2.14. The number of amides is 1. The summed E-state index contributed by atoms with van der Waals surface area (Å²) in [6.07, 6.45) is 1.49. The zero-order chi connectivity index (χ0) is 18.6. The normalized spacial score (nSPS) is 12.0. The Balaban J connectivity index is 1.36. The lowest BCUT2D eigenvalue weighted by atomic mass is 10.2. The quantitative estimate of drug-likeness (QED) is 0.566. The molecule has 0 saturated carbocycles. The number of ether oxygens (including phenoxy) is 1. The van der Waals surface area contributed by atoms with Crippen molar-refractivity contribution < 1.29 is 13.9 Å². The summed E-state index contributed by atoms with van der Waals surface area (Å²) in [5, 5.41) is 14.9. The fourth-order valence-corrected chi connectivity index (χ4v) is 2.71. The van der Waals surface area contributed by atoms with E-state index in [0.29, 0.717) is 11.5 Å². The van der Waals surface area contributed by atoms with Gasteiger partial charge < -0.3 is 14.5 Å². The van der Waals surface area contributed by atoms with Crippen molar-refractivity contribution in [3.8, 4) is 11.4 Å². The largest absolute Gasteiger partial charge is 0.484 e. The third kappa shape index (κ3) is 3.79. The van der Waals surface area contributed by atoms with Gasteiger partial charge in [-0.2, -0.15) is 0 Å². The van der Waals surface area contributed by atoms with Crippen LogP contribution in [-0.4, -0.2) is 32.7 Å². The first-order chi connectivity index (χ1) is 13.2.